The van der Waals surface area contributed by atoms with Gasteiger partial charge in [0.1, 0.15) is 0 Å². The molecular formula is C8H10N2O3. The van der Waals surface area contributed by atoms with Crippen LogP contribution in [0, 0.1) is 0 Å². The summed E-state index contributed by atoms with van der Waals surface area (Å²) in [7, 11) is 0. The number of aromatic nitrogens is 2. The zero-order valence-corrected chi connectivity index (χ0v) is 7.00. The van der Waals surface area contributed by atoms with E-state index in [4.69, 9.17) is 4.74 Å². The van der Waals surface area contributed by atoms with Crippen molar-refractivity contribution < 1.29 is 4.74 Å². The van der Waals surface area contributed by atoms with Crippen LogP contribution in [-0.4, -0.2) is 16.6 Å². The van der Waals surface area contributed by atoms with E-state index in [1.54, 1.807) is 0 Å². The molecule has 5 heteroatoms. The van der Waals surface area contributed by atoms with Crippen molar-refractivity contribution in [1.82, 2.24) is 9.97 Å². The van der Waals surface area contributed by atoms with Gasteiger partial charge in [0.05, 0.1) is 11.8 Å². The number of rotatable bonds is 1. The predicted octanol–water partition coefficient (Wildman–Crippen LogP) is -0.0853. The molecule has 5 nitrogen and oxygen atoms in total. The number of aromatic amines is 2. The third-order valence-corrected chi connectivity index (χ3v) is 2.06. The predicted molar refractivity (Wildman–Crippen MR) is 45.6 cm³/mol. The molecule has 1 aliphatic rings. The van der Waals surface area contributed by atoms with Crippen LogP contribution in [0.3, 0.4) is 0 Å². The van der Waals surface area contributed by atoms with E-state index in [-0.39, 0.29) is 11.7 Å². The molecule has 0 aromatic carbocycles. The summed E-state index contributed by atoms with van der Waals surface area (Å²) in [6.45, 7) is 0.694. The van der Waals surface area contributed by atoms with Gasteiger partial charge in [0.25, 0.3) is 5.56 Å². The van der Waals surface area contributed by atoms with Gasteiger partial charge >= 0.3 is 5.69 Å². The molecule has 0 aliphatic carbocycles. The fourth-order valence-electron chi connectivity index (χ4n) is 1.48. The minimum atomic E-state index is -0.474. The zero-order valence-electron chi connectivity index (χ0n) is 7.00. The number of hydrogen-bond donors (Lipinski definition) is 2. The van der Waals surface area contributed by atoms with Crippen molar-refractivity contribution >= 4 is 0 Å². The molecule has 1 fully saturated rings. The molecule has 1 saturated heterocycles. The van der Waals surface area contributed by atoms with Crippen LogP contribution in [0.25, 0.3) is 0 Å². The second-order valence-electron chi connectivity index (χ2n) is 3.04. The molecule has 1 aromatic rings. The molecule has 2 heterocycles. The highest BCUT2D eigenvalue weighted by Crippen LogP contribution is 2.25. The lowest BCUT2D eigenvalue weighted by Crippen LogP contribution is -2.24. The first kappa shape index (κ1) is 8.25. The highest BCUT2D eigenvalue weighted by molar-refractivity contribution is 5.03. The van der Waals surface area contributed by atoms with Gasteiger partial charge in [0.15, 0.2) is 0 Å². The molecule has 2 rings (SSSR count). The molecule has 0 amide bonds. The van der Waals surface area contributed by atoms with Crippen LogP contribution in [0.5, 0.6) is 0 Å². The maximum Gasteiger partial charge on any atom is 0.325 e. The molecule has 0 spiro atoms. The minimum Gasteiger partial charge on any atom is -0.372 e. The van der Waals surface area contributed by atoms with Crippen LogP contribution in [0.1, 0.15) is 24.6 Å². The minimum absolute atomic E-state index is 0.116. The zero-order chi connectivity index (χ0) is 9.26. The fraction of sp³-hybridized carbons (Fsp3) is 0.500. The average Bonchev–Trinajstić information content (AvgIpc) is 2.53. The van der Waals surface area contributed by atoms with E-state index in [1.165, 1.54) is 6.07 Å². The summed E-state index contributed by atoms with van der Waals surface area (Å²) in [5.74, 6) is 0. The first-order valence-corrected chi connectivity index (χ1v) is 4.21. The van der Waals surface area contributed by atoms with Crippen LogP contribution < -0.4 is 11.2 Å². The molecule has 13 heavy (non-hydrogen) atoms. The molecular weight excluding hydrogens is 172 g/mol. The van der Waals surface area contributed by atoms with E-state index >= 15 is 0 Å². The SMILES string of the molecule is O=c1cc([C@@H]2CCCO2)[nH]c(=O)[nH]1. The normalized spacial score (nSPS) is 22.0. The molecule has 0 unspecified atom stereocenters. The summed E-state index contributed by atoms with van der Waals surface area (Å²) < 4.78 is 5.33. The van der Waals surface area contributed by atoms with Crippen molar-refractivity contribution in [2.45, 2.75) is 18.9 Å². The molecule has 1 aromatic heterocycles. The van der Waals surface area contributed by atoms with Gasteiger partial charge in [0.2, 0.25) is 0 Å². The quantitative estimate of drug-likeness (QED) is 0.637. The Morgan fingerprint density at radius 1 is 1.38 bits per heavy atom. The Bertz CT molecular complexity index is 372. The van der Waals surface area contributed by atoms with Crippen molar-refractivity contribution in [3.05, 3.63) is 32.6 Å². The van der Waals surface area contributed by atoms with Gasteiger partial charge in [-0.05, 0) is 12.8 Å². The van der Waals surface area contributed by atoms with Crippen molar-refractivity contribution in [2.75, 3.05) is 6.61 Å². The molecule has 0 radical (unpaired) electrons. The molecule has 1 aliphatic heterocycles. The number of hydrogen-bond acceptors (Lipinski definition) is 3. The highest BCUT2D eigenvalue weighted by Gasteiger charge is 2.18. The van der Waals surface area contributed by atoms with Gasteiger partial charge in [-0.1, -0.05) is 0 Å². The fourth-order valence-corrected chi connectivity index (χ4v) is 1.48. The monoisotopic (exact) mass is 182 g/mol. The van der Waals surface area contributed by atoms with Crippen LogP contribution >= 0.6 is 0 Å². The van der Waals surface area contributed by atoms with Gasteiger partial charge in [0, 0.05) is 12.7 Å². The van der Waals surface area contributed by atoms with Gasteiger partial charge in [-0.2, -0.15) is 0 Å². The average molecular weight is 182 g/mol. The van der Waals surface area contributed by atoms with Crippen molar-refractivity contribution in [3.63, 3.8) is 0 Å². The largest absolute Gasteiger partial charge is 0.372 e. The Morgan fingerprint density at radius 2 is 2.23 bits per heavy atom. The molecule has 0 bridgehead atoms. The third-order valence-electron chi connectivity index (χ3n) is 2.06. The van der Waals surface area contributed by atoms with E-state index in [2.05, 4.69) is 9.97 Å². The van der Waals surface area contributed by atoms with Crippen LogP contribution in [-0.2, 0) is 4.74 Å². The smallest absolute Gasteiger partial charge is 0.325 e. The summed E-state index contributed by atoms with van der Waals surface area (Å²) in [4.78, 5) is 26.5. The lowest BCUT2D eigenvalue weighted by molar-refractivity contribution is 0.108. The standard InChI is InChI=1S/C8H10N2O3/c11-7-4-5(9-8(12)10-7)6-2-1-3-13-6/h4,6H,1-3H2,(H2,9,10,11,12)/t6-/m0/s1. The number of ether oxygens (including phenoxy) is 1. The summed E-state index contributed by atoms with van der Waals surface area (Å²) in [5.41, 5.74) is -0.279. The first-order valence-electron chi connectivity index (χ1n) is 4.21. The maximum atomic E-state index is 10.9. The van der Waals surface area contributed by atoms with Crippen molar-refractivity contribution in [1.29, 1.82) is 0 Å². The maximum absolute atomic E-state index is 10.9. The Kier molecular flexibility index (Phi) is 2.02. The van der Waals surface area contributed by atoms with Gasteiger partial charge < -0.3 is 9.72 Å². The van der Waals surface area contributed by atoms with Crippen LogP contribution in [0.2, 0.25) is 0 Å². The lowest BCUT2D eigenvalue weighted by Gasteiger charge is -2.07. The Balaban J connectivity index is 2.39. The van der Waals surface area contributed by atoms with Gasteiger partial charge in [-0.25, -0.2) is 4.79 Å². The van der Waals surface area contributed by atoms with E-state index in [0.29, 0.717) is 12.3 Å². The van der Waals surface area contributed by atoms with Crippen LogP contribution in [0.4, 0.5) is 0 Å². The number of nitrogens with one attached hydrogen (secondary N) is 2. The highest BCUT2D eigenvalue weighted by atomic mass is 16.5. The van der Waals surface area contributed by atoms with Crippen LogP contribution in [0.15, 0.2) is 15.7 Å². The van der Waals surface area contributed by atoms with Gasteiger partial charge in [-0.15, -0.1) is 0 Å². The first-order chi connectivity index (χ1) is 6.25. The lowest BCUT2D eigenvalue weighted by atomic mass is 10.2. The Hall–Kier alpha value is -1.36. The van der Waals surface area contributed by atoms with E-state index < -0.39 is 5.69 Å². The molecule has 70 valence electrons. The molecule has 2 N–H and O–H groups in total. The molecule has 1 atom stereocenters. The topological polar surface area (TPSA) is 75.0 Å². The second kappa shape index (κ2) is 3.18. The Labute approximate surface area is 73.8 Å². The summed E-state index contributed by atoms with van der Waals surface area (Å²) >= 11 is 0. The van der Waals surface area contributed by atoms with E-state index in [0.717, 1.165) is 12.8 Å². The second-order valence-corrected chi connectivity index (χ2v) is 3.04. The number of H-pyrrole nitrogens is 2. The summed E-state index contributed by atoms with van der Waals surface area (Å²) in [6, 6.07) is 1.37. The van der Waals surface area contributed by atoms with Gasteiger partial charge in [-0.3, -0.25) is 9.78 Å². The summed E-state index contributed by atoms with van der Waals surface area (Å²) in [6.07, 6.45) is 1.72. The molecule has 0 saturated carbocycles. The van der Waals surface area contributed by atoms with E-state index in [1.807, 2.05) is 0 Å². The summed E-state index contributed by atoms with van der Waals surface area (Å²) in [5, 5.41) is 0. The Morgan fingerprint density at radius 3 is 2.85 bits per heavy atom. The third kappa shape index (κ3) is 1.70. The van der Waals surface area contributed by atoms with Crippen molar-refractivity contribution in [2.24, 2.45) is 0 Å². The van der Waals surface area contributed by atoms with Crippen molar-refractivity contribution in [3.8, 4) is 0 Å². The van der Waals surface area contributed by atoms with E-state index in [9.17, 15) is 9.59 Å².